The summed E-state index contributed by atoms with van der Waals surface area (Å²) in [7, 11) is 0. The summed E-state index contributed by atoms with van der Waals surface area (Å²) in [6, 6.07) is 9.30. The molecule has 0 fully saturated rings. The van der Waals surface area contributed by atoms with Crippen LogP contribution in [0.2, 0.25) is 0 Å². The van der Waals surface area contributed by atoms with Crippen molar-refractivity contribution >= 4 is 16.9 Å². The molecule has 0 unspecified atom stereocenters. The van der Waals surface area contributed by atoms with Crippen molar-refractivity contribution in [2.75, 3.05) is 0 Å². The van der Waals surface area contributed by atoms with Crippen LogP contribution in [0.1, 0.15) is 39.0 Å². The summed E-state index contributed by atoms with van der Waals surface area (Å²) in [4.78, 5) is 39.1. The van der Waals surface area contributed by atoms with Crippen molar-refractivity contribution in [2.45, 2.75) is 59.8 Å². The summed E-state index contributed by atoms with van der Waals surface area (Å²) in [5.41, 5.74) is 0.778. The second kappa shape index (κ2) is 7.69. The summed E-state index contributed by atoms with van der Waals surface area (Å²) in [6.07, 6.45) is 0. The Labute approximate surface area is 168 Å². The number of hydrogen-bond acceptors (Lipinski definition) is 4. The number of aryl methyl sites for hydroxylation is 2. The molecule has 0 aliphatic carbocycles. The lowest BCUT2D eigenvalue weighted by atomic mass is 10.1. The zero-order valence-electron chi connectivity index (χ0n) is 17.5. The lowest BCUT2D eigenvalue weighted by Gasteiger charge is -2.21. The van der Waals surface area contributed by atoms with E-state index in [1.165, 1.54) is 9.13 Å². The molecule has 2 heterocycles. The number of aromatic nitrogens is 4. The second-order valence-electron chi connectivity index (χ2n) is 8.14. The number of carbonyl (C=O) groups is 1. The minimum Gasteiger partial charge on any atom is -0.350 e. The van der Waals surface area contributed by atoms with Crippen molar-refractivity contribution in [3.05, 3.63) is 62.4 Å². The molecule has 1 amide bonds. The van der Waals surface area contributed by atoms with Gasteiger partial charge in [0.05, 0.1) is 12.2 Å². The molecule has 154 valence electrons. The van der Waals surface area contributed by atoms with Crippen LogP contribution in [0, 0.1) is 6.92 Å². The van der Waals surface area contributed by atoms with E-state index < -0.39 is 16.8 Å². The minimum absolute atomic E-state index is 0.128. The van der Waals surface area contributed by atoms with Crippen LogP contribution in [0.3, 0.4) is 0 Å². The molecule has 8 nitrogen and oxygen atoms in total. The molecular weight excluding hydrogens is 370 g/mol. The Morgan fingerprint density at radius 3 is 2.31 bits per heavy atom. The van der Waals surface area contributed by atoms with Crippen molar-refractivity contribution < 1.29 is 4.79 Å². The van der Waals surface area contributed by atoms with Crippen molar-refractivity contribution in [1.29, 1.82) is 0 Å². The first-order valence-electron chi connectivity index (χ1n) is 9.68. The van der Waals surface area contributed by atoms with Crippen LogP contribution in [0.25, 0.3) is 11.0 Å². The summed E-state index contributed by atoms with van der Waals surface area (Å²) in [5.74, 6) is -0.297. The largest absolute Gasteiger partial charge is 0.350 e. The highest BCUT2D eigenvalue weighted by Crippen LogP contribution is 2.14. The quantitative estimate of drug-likeness (QED) is 0.709. The fourth-order valence-electron chi connectivity index (χ4n) is 3.45. The zero-order valence-corrected chi connectivity index (χ0v) is 17.5. The van der Waals surface area contributed by atoms with Gasteiger partial charge in [0.2, 0.25) is 5.91 Å². The molecular formula is C21H27N5O3. The molecule has 1 aromatic carbocycles. The van der Waals surface area contributed by atoms with Gasteiger partial charge in [-0.2, -0.15) is 5.10 Å². The fraction of sp³-hybridized carbons (Fsp3) is 0.429. The standard InChI is InChI=1S/C21H27N5O3/c1-6-26-18-17(14(2)23-26)24(13-16(27)22-21(3,4)5)20(29)25(19(18)28)12-15-10-8-7-9-11-15/h7-11H,6,12-13H2,1-5H3,(H,22,27). The second-order valence-corrected chi connectivity index (χ2v) is 8.14. The Kier molecular flexibility index (Phi) is 5.46. The smallest absolute Gasteiger partial charge is 0.332 e. The third-order valence-electron chi connectivity index (χ3n) is 4.57. The molecule has 8 heteroatoms. The van der Waals surface area contributed by atoms with Gasteiger partial charge >= 0.3 is 5.69 Å². The molecule has 0 radical (unpaired) electrons. The van der Waals surface area contributed by atoms with E-state index in [2.05, 4.69) is 10.4 Å². The molecule has 0 aliphatic heterocycles. The van der Waals surface area contributed by atoms with E-state index >= 15 is 0 Å². The van der Waals surface area contributed by atoms with E-state index in [0.717, 1.165) is 5.56 Å². The highest BCUT2D eigenvalue weighted by molar-refractivity contribution is 5.81. The maximum Gasteiger partial charge on any atom is 0.332 e. The van der Waals surface area contributed by atoms with Gasteiger partial charge < -0.3 is 5.32 Å². The van der Waals surface area contributed by atoms with Crippen molar-refractivity contribution in [3.63, 3.8) is 0 Å². The van der Waals surface area contributed by atoms with Gasteiger partial charge in [-0.3, -0.25) is 23.4 Å². The first-order valence-corrected chi connectivity index (χ1v) is 9.68. The zero-order chi connectivity index (χ0) is 21.3. The van der Waals surface area contributed by atoms with Gasteiger partial charge in [0, 0.05) is 12.1 Å². The predicted octanol–water partition coefficient (Wildman–Crippen LogP) is 1.65. The summed E-state index contributed by atoms with van der Waals surface area (Å²) in [5, 5.41) is 7.28. The van der Waals surface area contributed by atoms with Gasteiger partial charge in [-0.05, 0) is 40.2 Å². The summed E-state index contributed by atoms with van der Waals surface area (Å²) >= 11 is 0. The maximum atomic E-state index is 13.3. The number of amides is 1. The molecule has 0 atom stereocenters. The van der Waals surface area contributed by atoms with Gasteiger partial charge in [0.25, 0.3) is 5.56 Å². The first kappa shape index (κ1) is 20.6. The van der Waals surface area contributed by atoms with E-state index in [9.17, 15) is 14.4 Å². The van der Waals surface area contributed by atoms with Crippen LogP contribution in [0.5, 0.6) is 0 Å². The van der Waals surface area contributed by atoms with E-state index in [0.29, 0.717) is 23.3 Å². The highest BCUT2D eigenvalue weighted by Gasteiger charge is 2.23. The van der Waals surface area contributed by atoms with Crippen LogP contribution >= 0.6 is 0 Å². The van der Waals surface area contributed by atoms with Gasteiger partial charge in [-0.25, -0.2) is 4.79 Å². The van der Waals surface area contributed by atoms with E-state index in [4.69, 9.17) is 0 Å². The average molecular weight is 397 g/mol. The monoisotopic (exact) mass is 397 g/mol. The molecule has 1 N–H and O–H groups in total. The van der Waals surface area contributed by atoms with E-state index in [-0.39, 0.29) is 19.0 Å². The topological polar surface area (TPSA) is 90.9 Å². The van der Waals surface area contributed by atoms with Crippen LogP contribution in [-0.4, -0.2) is 30.4 Å². The van der Waals surface area contributed by atoms with Crippen LogP contribution < -0.4 is 16.6 Å². The molecule has 2 aromatic heterocycles. The lowest BCUT2D eigenvalue weighted by molar-refractivity contribution is -0.123. The van der Waals surface area contributed by atoms with Crippen molar-refractivity contribution in [2.24, 2.45) is 0 Å². The Bertz CT molecular complexity index is 1160. The SMILES string of the molecule is CCn1nc(C)c2c1c(=O)n(Cc1ccccc1)c(=O)n2CC(=O)NC(C)(C)C. The number of rotatable bonds is 5. The maximum absolute atomic E-state index is 13.3. The number of carbonyl (C=O) groups excluding carboxylic acids is 1. The Morgan fingerprint density at radius 2 is 1.72 bits per heavy atom. The van der Waals surface area contributed by atoms with E-state index in [1.807, 2.05) is 58.0 Å². The number of nitrogens with zero attached hydrogens (tertiary/aromatic N) is 4. The third-order valence-corrected chi connectivity index (χ3v) is 4.57. The highest BCUT2D eigenvalue weighted by atomic mass is 16.2. The number of benzene rings is 1. The predicted molar refractivity (Wildman–Crippen MR) is 112 cm³/mol. The lowest BCUT2D eigenvalue weighted by Crippen LogP contribution is -2.46. The van der Waals surface area contributed by atoms with Crippen LogP contribution in [0.15, 0.2) is 39.9 Å². The molecule has 0 saturated heterocycles. The molecule has 3 aromatic rings. The molecule has 0 saturated carbocycles. The summed E-state index contributed by atoms with van der Waals surface area (Å²) < 4.78 is 4.12. The molecule has 0 aliphatic rings. The fourth-order valence-corrected chi connectivity index (χ4v) is 3.45. The molecule has 0 spiro atoms. The number of hydrogen-bond donors (Lipinski definition) is 1. The number of fused-ring (bicyclic) bond motifs is 1. The average Bonchev–Trinajstić information content (AvgIpc) is 2.98. The van der Waals surface area contributed by atoms with Gasteiger partial charge in [-0.1, -0.05) is 30.3 Å². The molecule has 0 bridgehead atoms. The third kappa shape index (κ3) is 4.16. The molecule has 29 heavy (non-hydrogen) atoms. The Morgan fingerprint density at radius 1 is 1.07 bits per heavy atom. The van der Waals surface area contributed by atoms with Gasteiger partial charge in [0.15, 0.2) is 5.52 Å². The Balaban J connectivity index is 2.23. The Hall–Kier alpha value is -3.16. The van der Waals surface area contributed by atoms with E-state index in [1.54, 1.807) is 11.6 Å². The first-order chi connectivity index (χ1) is 13.6. The van der Waals surface area contributed by atoms with Crippen LogP contribution in [-0.2, 0) is 24.4 Å². The normalized spacial score (nSPS) is 11.8. The molecule has 3 rings (SSSR count). The number of nitrogens with one attached hydrogen (secondary N) is 1. The minimum atomic E-state index is -0.519. The van der Waals surface area contributed by atoms with Gasteiger partial charge in [-0.15, -0.1) is 0 Å². The van der Waals surface area contributed by atoms with Crippen LogP contribution in [0.4, 0.5) is 0 Å². The van der Waals surface area contributed by atoms with Crippen molar-refractivity contribution in [1.82, 2.24) is 24.2 Å². The summed E-state index contributed by atoms with van der Waals surface area (Å²) in [6.45, 7) is 9.68. The van der Waals surface area contributed by atoms with Crippen molar-refractivity contribution in [3.8, 4) is 0 Å². The van der Waals surface area contributed by atoms with Gasteiger partial charge in [0.1, 0.15) is 12.1 Å².